The van der Waals surface area contributed by atoms with Crippen LogP contribution in [-0.2, 0) is 6.54 Å². The molecular formula is C13H13FN2. The van der Waals surface area contributed by atoms with Crippen LogP contribution in [-0.4, -0.2) is 4.98 Å². The van der Waals surface area contributed by atoms with Crippen LogP contribution in [0, 0.1) is 12.7 Å². The lowest BCUT2D eigenvalue weighted by Gasteiger charge is -2.08. The van der Waals surface area contributed by atoms with Crippen molar-refractivity contribution in [2.75, 3.05) is 0 Å². The average molecular weight is 216 g/mol. The van der Waals surface area contributed by atoms with Crippen molar-refractivity contribution in [3.63, 3.8) is 0 Å². The standard InChI is InChI=1S/C13H13FN2/c1-9-2-7-12(13(8-15)16-9)10-3-5-11(14)6-4-10/h2-7H,8,15H2,1H3. The third-order valence-corrected chi connectivity index (χ3v) is 2.46. The minimum absolute atomic E-state index is 0.238. The van der Waals surface area contributed by atoms with Gasteiger partial charge in [0, 0.05) is 17.8 Å². The molecule has 0 radical (unpaired) electrons. The number of aromatic nitrogens is 1. The molecule has 0 fully saturated rings. The zero-order valence-electron chi connectivity index (χ0n) is 9.07. The Morgan fingerprint density at radius 1 is 1.12 bits per heavy atom. The van der Waals surface area contributed by atoms with Crippen molar-refractivity contribution in [1.29, 1.82) is 0 Å². The fraction of sp³-hybridized carbons (Fsp3) is 0.154. The van der Waals surface area contributed by atoms with E-state index in [0.717, 1.165) is 22.5 Å². The molecule has 3 heteroatoms. The van der Waals surface area contributed by atoms with Crippen LogP contribution >= 0.6 is 0 Å². The van der Waals surface area contributed by atoms with Crippen molar-refractivity contribution in [2.45, 2.75) is 13.5 Å². The first kappa shape index (κ1) is 10.8. The zero-order valence-corrected chi connectivity index (χ0v) is 9.07. The van der Waals surface area contributed by atoms with Gasteiger partial charge in [0.25, 0.3) is 0 Å². The van der Waals surface area contributed by atoms with E-state index in [0.29, 0.717) is 6.54 Å². The van der Waals surface area contributed by atoms with Crippen LogP contribution in [0.15, 0.2) is 36.4 Å². The van der Waals surface area contributed by atoms with Gasteiger partial charge in [0.2, 0.25) is 0 Å². The van der Waals surface area contributed by atoms with E-state index < -0.39 is 0 Å². The van der Waals surface area contributed by atoms with Gasteiger partial charge < -0.3 is 5.73 Å². The maximum absolute atomic E-state index is 12.8. The minimum Gasteiger partial charge on any atom is -0.325 e. The van der Waals surface area contributed by atoms with E-state index >= 15 is 0 Å². The highest BCUT2D eigenvalue weighted by atomic mass is 19.1. The molecule has 0 aliphatic rings. The molecule has 2 rings (SSSR count). The Kier molecular flexibility index (Phi) is 2.97. The van der Waals surface area contributed by atoms with Gasteiger partial charge in [-0.3, -0.25) is 4.98 Å². The van der Waals surface area contributed by atoms with E-state index in [2.05, 4.69) is 4.98 Å². The van der Waals surface area contributed by atoms with E-state index in [-0.39, 0.29) is 5.82 Å². The van der Waals surface area contributed by atoms with Crippen LogP contribution in [0.5, 0.6) is 0 Å². The summed E-state index contributed by atoms with van der Waals surface area (Å²) < 4.78 is 12.8. The van der Waals surface area contributed by atoms with Crippen LogP contribution in [0.2, 0.25) is 0 Å². The lowest BCUT2D eigenvalue weighted by Crippen LogP contribution is -2.03. The van der Waals surface area contributed by atoms with E-state index in [1.165, 1.54) is 12.1 Å². The summed E-state index contributed by atoms with van der Waals surface area (Å²) in [5.41, 5.74) is 9.33. The van der Waals surface area contributed by atoms with Gasteiger partial charge in [0.05, 0.1) is 5.69 Å². The molecule has 1 aromatic carbocycles. The summed E-state index contributed by atoms with van der Waals surface area (Å²) in [5.74, 6) is -0.238. The van der Waals surface area contributed by atoms with E-state index in [1.807, 2.05) is 19.1 Å². The third kappa shape index (κ3) is 2.09. The molecule has 1 aromatic heterocycles. The molecule has 2 N–H and O–H groups in total. The molecule has 0 spiro atoms. The molecule has 0 bridgehead atoms. The lowest BCUT2D eigenvalue weighted by atomic mass is 10.0. The quantitative estimate of drug-likeness (QED) is 0.838. The van der Waals surface area contributed by atoms with Crippen LogP contribution in [0.25, 0.3) is 11.1 Å². The molecule has 82 valence electrons. The van der Waals surface area contributed by atoms with Gasteiger partial charge >= 0.3 is 0 Å². The summed E-state index contributed by atoms with van der Waals surface area (Å²) in [5, 5.41) is 0. The van der Waals surface area contributed by atoms with E-state index in [9.17, 15) is 4.39 Å². The van der Waals surface area contributed by atoms with Gasteiger partial charge in [-0.25, -0.2) is 4.39 Å². The van der Waals surface area contributed by atoms with Gasteiger partial charge in [0.1, 0.15) is 5.82 Å². The molecule has 0 unspecified atom stereocenters. The molecule has 2 nitrogen and oxygen atoms in total. The maximum atomic E-state index is 12.8. The molecular weight excluding hydrogens is 203 g/mol. The zero-order chi connectivity index (χ0) is 11.5. The topological polar surface area (TPSA) is 38.9 Å². The SMILES string of the molecule is Cc1ccc(-c2ccc(F)cc2)c(CN)n1. The number of benzene rings is 1. The summed E-state index contributed by atoms with van der Waals surface area (Å²) >= 11 is 0. The number of rotatable bonds is 2. The fourth-order valence-corrected chi connectivity index (χ4v) is 1.66. The Bertz CT molecular complexity index is 492. The van der Waals surface area contributed by atoms with Crippen molar-refractivity contribution in [3.8, 4) is 11.1 Å². The number of hydrogen-bond acceptors (Lipinski definition) is 2. The minimum atomic E-state index is -0.238. The molecule has 0 saturated carbocycles. The highest BCUT2D eigenvalue weighted by Gasteiger charge is 2.05. The van der Waals surface area contributed by atoms with Crippen LogP contribution in [0.1, 0.15) is 11.4 Å². The van der Waals surface area contributed by atoms with Gasteiger partial charge in [-0.2, -0.15) is 0 Å². The number of aryl methyl sites for hydroxylation is 1. The van der Waals surface area contributed by atoms with Gasteiger partial charge in [-0.05, 0) is 30.7 Å². The fourth-order valence-electron chi connectivity index (χ4n) is 1.66. The van der Waals surface area contributed by atoms with E-state index in [4.69, 9.17) is 5.73 Å². The Hall–Kier alpha value is -1.74. The molecule has 0 atom stereocenters. The Labute approximate surface area is 93.9 Å². The van der Waals surface area contributed by atoms with Crippen LogP contribution < -0.4 is 5.73 Å². The van der Waals surface area contributed by atoms with Crippen molar-refractivity contribution in [1.82, 2.24) is 4.98 Å². The van der Waals surface area contributed by atoms with Crippen molar-refractivity contribution < 1.29 is 4.39 Å². The summed E-state index contributed by atoms with van der Waals surface area (Å²) in [4.78, 5) is 4.37. The number of nitrogens with two attached hydrogens (primary N) is 1. The summed E-state index contributed by atoms with van der Waals surface area (Å²) in [6.45, 7) is 2.31. The number of hydrogen-bond donors (Lipinski definition) is 1. The predicted octanol–water partition coefficient (Wildman–Crippen LogP) is 2.65. The first-order chi connectivity index (χ1) is 7.70. The molecule has 0 saturated heterocycles. The normalized spacial score (nSPS) is 10.4. The maximum Gasteiger partial charge on any atom is 0.123 e. The smallest absolute Gasteiger partial charge is 0.123 e. The lowest BCUT2D eigenvalue weighted by molar-refractivity contribution is 0.628. The molecule has 16 heavy (non-hydrogen) atoms. The number of nitrogens with zero attached hydrogens (tertiary/aromatic N) is 1. The second kappa shape index (κ2) is 4.41. The summed E-state index contributed by atoms with van der Waals surface area (Å²) in [6.07, 6.45) is 0. The van der Waals surface area contributed by atoms with Gasteiger partial charge in [0.15, 0.2) is 0 Å². The highest BCUT2D eigenvalue weighted by Crippen LogP contribution is 2.22. The summed E-state index contributed by atoms with van der Waals surface area (Å²) in [6, 6.07) is 10.3. The third-order valence-electron chi connectivity index (χ3n) is 2.46. The number of halogens is 1. The largest absolute Gasteiger partial charge is 0.325 e. The van der Waals surface area contributed by atoms with Gasteiger partial charge in [-0.1, -0.05) is 18.2 Å². The monoisotopic (exact) mass is 216 g/mol. The van der Waals surface area contributed by atoms with Gasteiger partial charge in [-0.15, -0.1) is 0 Å². The molecule has 1 heterocycles. The second-order valence-corrected chi connectivity index (χ2v) is 3.66. The Morgan fingerprint density at radius 3 is 2.44 bits per heavy atom. The van der Waals surface area contributed by atoms with Crippen LogP contribution in [0.4, 0.5) is 4.39 Å². The molecule has 0 amide bonds. The second-order valence-electron chi connectivity index (χ2n) is 3.66. The average Bonchev–Trinajstić information content (AvgIpc) is 2.30. The first-order valence-corrected chi connectivity index (χ1v) is 5.13. The van der Waals surface area contributed by atoms with Crippen LogP contribution in [0.3, 0.4) is 0 Å². The molecule has 2 aromatic rings. The Morgan fingerprint density at radius 2 is 1.81 bits per heavy atom. The highest BCUT2D eigenvalue weighted by molar-refractivity contribution is 5.65. The first-order valence-electron chi connectivity index (χ1n) is 5.13. The molecule has 0 aliphatic carbocycles. The number of pyridine rings is 1. The van der Waals surface area contributed by atoms with Crippen molar-refractivity contribution >= 4 is 0 Å². The Balaban J connectivity index is 2.51. The summed E-state index contributed by atoms with van der Waals surface area (Å²) in [7, 11) is 0. The van der Waals surface area contributed by atoms with Crippen molar-refractivity contribution in [2.24, 2.45) is 5.73 Å². The molecule has 0 aliphatic heterocycles. The predicted molar refractivity (Wildman–Crippen MR) is 62.3 cm³/mol. The van der Waals surface area contributed by atoms with Crippen molar-refractivity contribution in [3.05, 3.63) is 53.6 Å². The van der Waals surface area contributed by atoms with E-state index in [1.54, 1.807) is 12.1 Å².